The molecule has 1 saturated heterocycles. The fourth-order valence-corrected chi connectivity index (χ4v) is 4.32. The van der Waals surface area contributed by atoms with Crippen molar-refractivity contribution >= 4 is 16.0 Å². The van der Waals surface area contributed by atoms with Gasteiger partial charge in [0.05, 0.1) is 24.5 Å². The summed E-state index contributed by atoms with van der Waals surface area (Å²) in [7, 11) is -2.21. The molecule has 0 spiro atoms. The van der Waals surface area contributed by atoms with Crippen molar-refractivity contribution < 1.29 is 17.9 Å². The van der Waals surface area contributed by atoms with Gasteiger partial charge in [-0.3, -0.25) is 4.79 Å². The summed E-state index contributed by atoms with van der Waals surface area (Å²) in [6.45, 7) is 3.82. The van der Waals surface area contributed by atoms with Gasteiger partial charge in [-0.05, 0) is 25.5 Å². The summed E-state index contributed by atoms with van der Waals surface area (Å²) in [6.07, 6.45) is 0.798. The average Bonchev–Trinajstić information content (AvgIpc) is 3.12. The van der Waals surface area contributed by atoms with Crippen LogP contribution in [0.2, 0.25) is 0 Å². The fraction of sp³-hybridized carbons (Fsp3) is 0.500. The summed E-state index contributed by atoms with van der Waals surface area (Å²) < 4.78 is 31.1. The Hall–Kier alpha value is -1.40. The lowest BCUT2D eigenvalue weighted by atomic mass is 10.2. The van der Waals surface area contributed by atoms with E-state index in [4.69, 9.17) is 0 Å². The topological polar surface area (TPSA) is 63.5 Å². The molecule has 110 valence electrons. The number of rotatable bonds is 5. The second-order valence-electron chi connectivity index (χ2n) is 4.97. The van der Waals surface area contributed by atoms with Gasteiger partial charge in [-0.1, -0.05) is 24.6 Å². The number of carbonyl (C=O) groups is 1. The van der Waals surface area contributed by atoms with Crippen molar-refractivity contribution in [1.29, 1.82) is 0 Å². The predicted octanol–water partition coefficient (Wildman–Crippen LogP) is 1.71. The van der Waals surface area contributed by atoms with Gasteiger partial charge in [0.1, 0.15) is 0 Å². The Bertz CT molecular complexity index is 594. The number of methoxy groups -OCH3 is 1. The van der Waals surface area contributed by atoms with Crippen LogP contribution in [0.1, 0.15) is 25.3 Å². The van der Waals surface area contributed by atoms with Crippen molar-refractivity contribution in [3.05, 3.63) is 29.8 Å². The molecule has 1 heterocycles. The maximum absolute atomic E-state index is 12.5. The summed E-state index contributed by atoms with van der Waals surface area (Å²) in [6, 6.07) is 6.36. The second-order valence-corrected chi connectivity index (χ2v) is 6.81. The third kappa shape index (κ3) is 2.71. The van der Waals surface area contributed by atoms with Crippen LogP contribution < -0.4 is 0 Å². The van der Waals surface area contributed by atoms with Crippen LogP contribution in [0.3, 0.4) is 0 Å². The molecule has 2 rings (SSSR count). The minimum atomic E-state index is -3.52. The second kappa shape index (κ2) is 5.54. The minimum Gasteiger partial charge on any atom is -0.469 e. The van der Waals surface area contributed by atoms with Gasteiger partial charge < -0.3 is 4.74 Å². The molecule has 3 atom stereocenters. The van der Waals surface area contributed by atoms with Gasteiger partial charge >= 0.3 is 5.97 Å². The number of carbonyl (C=O) groups excluding carboxylic acids is 1. The van der Waals surface area contributed by atoms with Crippen molar-refractivity contribution in [3.63, 3.8) is 0 Å². The zero-order valence-corrected chi connectivity index (χ0v) is 12.7. The van der Waals surface area contributed by atoms with E-state index in [9.17, 15) is 13.2 Å². The van der Waals surface area contributed by atoms with Crippen molar-refractivity contribution in [3.8, 4) is 0 Å². The summed E-state index contributed by atoms with van der Waals surface area (Å²) in [5.74, 6) is -0.380. The summed E-state index contributed by atoms with van der Waals surface area (Å²) >= 11 is 0. The van der Waals surface area contributed by atoms with E-state index in [0.717, 1.165) is 5.56 Å². The SMILES string of the molecule is CC[C@H]1[C@H](CC(=O)OC)N1S(=O)(=O)c1ccc(C)cc1. The first-order valence-electron chi connectivity index (χ1n) is 6.58. The third-order valence-electron chi connectivity index (χ3n) is 3.63. The zero-order chi connectivity index (χ0) is 14.9. The fourth-order valence-electron chi connectivity index (χ4n) is 2.43. The van der Waals surface area contributed by atoms with Crippen molar-refractivity contribution in [1.82, 2.24) is 4.31 Å². The van der Waals surface area contributed by atoms with Gasteiger partial charge in [0.25, 0.3) is 0 Å². The maximum Gasteiger partial charge on any atom is 0.307 e. The normalized spacial score (nSPS) is 25.2. The van der Waals surface area contributed by atoms with Crippen LogP contribution in [0.25, 0.3) is 0 Å². The van der Waals surface area contributed by atoms with Gasteiger partial charge in [-0.15, -0.1) is 0 Å². The van der Waals surface area contributed by atoms with E-state index in [1.165, 1.54) is 11.4 Å². The Morgan fingerprint density at radius 2 is 1.85 bits per heavy atom. The van der Waals surface area contributed by atoms with Crippen LogP contribution in [0, 0.1) is 6.92 Å². The molecule has 1 aliphatic rings. The van der Waals surface area contributed by atoms with E-state index in [2.05, 4.69) is 4.74 Å². The highest BCUT2D eigenvalue weighted by atomic mass is 32.2. The molecular formula is C14H19NO4S. The number of esters is 1. The third-order valence-corrected chi connectivity index (χ3v) is 5.59. The quantitative estimate of drug-likeness (QED) is 0.613. The molecule has 20 heavy (non-hydrogen) atoms. The van der Waals surface area contributed by atoms with Crippen LogP contribution in [0.5, 0.6) is 0 Å². The first-order valence-corrected chi connectivity index (χ1v) is 8.02. The van der Waals surface area contributed by atoms with Crippen molar-refractivity contribution in [2.24, 2.45) is 0 Å². The Labute approximate surface area is 119 Å². The van der Waals surface area contributed by atoms with Crippen LogP contribution in [-0.2, 0) is 19.6 Å². The van der Waals surface area contributed by atoms with Crippen molar-refractivity contribution in [2.45, 2.75) is 43.7 Å². The zero-order valence-electron chi connectivity index (χ0n) is 11.9. The Balaban J connectivity index is 2.21. The molecule has 1 fully saturated rings. The molecule has 0 radical (unpaired) electrons. The molecule has 0 aromatic heterocycles. The van der Waals surface area contributed by atoms with Crippen molar-refractivity contribution in [2.75, 3.05) is 7.11 Å². The van der Waals surface area contributed by atoms with Crippen LogP contribution in [0.15, 0.2) is 29.2 Å². The number of sulfonamides is 1. The molecule has 0 saturated carbocycles. The smallest absolute Gasteiger partial charge is 0.307 e. The first kappa shape index (κ1) is 15.0. The van der Waals surface area contributed by atoms with Gasteiger partial charge in [0, 0.05) is 6.04 Å². The minimum absolute atomic E-state index is 0.111. The van der Waals surface area contributed by atoms with E-state index in [1.54, 1.807) is 24.3 Å². The van der Waals surface area contributed by atoms with Gasteiger partial charge in [-0.25, -0.2) is 8.42 Å². The molecule has 0 aliphatic carbocycles. The lowest BCUT2D eigenvalue weighted by Crippen LogP contribution is -2.17. The van der Waals surface area contributed by atoms with E-state index in [1.807, 2.05) is 13.8 Å². The Morgan fingerprint density at radius 3 is 2.35 bits per heavy atom. The average molecular weight is 297 g/mol. The summed E-state index contributed by atoms with van der Waals surface area (Å²) in [5, 5.41) is 0. The maximum atomic E-state index is 12.5. The molecule has 0 bridgehead atoms. The number of hydrogen-bond acceptors (Lipinski definition) is 4. The lowest BCUT2D eigenvalue weighted by Gasteiger charge is -2.07. The highest BCUT2D eigenvalue weighted by Crippen LogP contribution is 2.39. The van der Waals surface area contributed by atoms with E-state index in [-0.39, 0.29) is 29.4 Å². The summed E-state index contributed by atoms with van der Waals surface area (Å²) in [4.78, 5) is 11.6. The molecule has 6 heteroatoms. The number of nitrogens with zero attached hydrogens (tertiary/aromatic N) is 1. The number of hydrogen-bond donors (Lipinski definition) is 0. The molecule has 1 unspecified atom stereocenters. The molecule has 0 amide bonds. The monoisotopic (exact) mass is 297 g/mol. The highest BCUT2D eigenvalue weighted by molar-refractivity contribution is 7.89. The molecule has 0 N–H and O–H groups in total. The number of ether oxygens (including phenoxy) is 1. The Morgan fingerprint density at radius 1 is 1.25 bits per heavy atom. The molecule has 1 aromatic rings. The van der Waals surface area contributed by atoms with E-state index in [0.29, 0.717) is 6.42 Å². The first-order chi connectivity index (χ1) is 9.41. The highest BCUT2D eigenvalue weighted by Gasteiger charge is 2.55. The molecule has 1 aromatic carbocycles. The van der Waals surface area contributed by atoms with E-state index < -0.39 is 10.0 Å². The standard InChI is InChI=1S/C14H19NO4S/c1-4-12-13(9-14(16)19-3)15(12)20(17,18)11-7-5-10(2)6-8-11/h5-8,12-13H,4,9H2,1-3H3/t12-,13-,15?/m0/s1. The van der Waals surface area contributed by atoms with Gasteiger partial charge in [0.2, 0.25) is 10.0 Å². The molecule has 5 nitrogen and oxygen atoms in total. The number of benzene rings is 1. The lowest BCUT2D eigenvalue weighted by molar-refractivity contribution is -0.140. The summed E-state index contributed by atoms with van der Waals surface area (Å²) in [5.41, 5.74) is 1.01. The molecular weight excluding hydrogens is 278 g/mol. The predicted molar refractivity (Wildman–Crippen MR) is 74.7 cm³/mol. The van der Waals surface area contributed by atoms with Gasteiger partial charge in [-0.2, -0.15) is 4.31 Å². The largest absolute Gasteiger partial charge is 0.469 e. The Kier molecular flexibility index (Phi) is 4.15. The van der Waals surface area contributed by atoms with Crippen LogP contribution in [-0.4, -0.2) is 37.9 Å². The van der Waals surface area contributed by atoms with Crippen LogP contribution in [0.4, 0.5) is 0 Å². The van der Waals surface area contributed by atoms with Crippen LogP contribution >= 0.6 is 0 Å². The molecule has 1 aliphatic heterocycles. The number of aryl methyl sites for hydroxylation is 1. The van der Waals surface area contributed by atoms with E-state index >= 15 is 0 Å². The van der Waals surface area contributed by atoms with Gasteiger partial charge in [0.15, 0.2) is 0 Å².